The molecule has 0 atom stereocenters. The molecule has 1 heterocycles. The van der Waals surface area contributed by atoms with E-state index in [-0.39, 0.29) is 12.5 Å². The maximum absolute atomic E-state index is 11.2. The van der Waals surface area contributed by atoms with E-state index in [4.69, 9.17) is 6.42 Å². The Morgan fingerprint density at radius 3 is 2.93 bits per heavy atom. The Balaban J connectivity index is 2.31. The lowest BCUT2D eigenvalue weighted by molar-refractivity contribution is -0.118. The number of hydrogen-bond donors (Lipinski definition) is 1. The largest absolute Gasteiger partial charge is 0.344 e. The molecule has 0 aliphatic rings. The van der Waals surface area contributed by atoms with Crippen LogP contribution >= 0.6 is 34.9 Å². The van der Waals surface area contributed by atoms with Gasteiger partial charge in [-0.2, -0.15) is 0 Å². The predicted molar refractivity (Wildman–Crippen MR) is 64.3 cm³/mol. The van der Waals surface area contributed by atoms with Gasteiger partial charge in [-0.05, 0) is 6.26 Å². The minimum Gasteiger partial charge on any atom is -0.344 e. The number of rotatable bonds is 5. The van der Waals surface area contributed by atoms with Crippen molar-refractivity contribution >= 4 is 40.8 Å². The number of carbonyl (C=O) groups excluding carboxylic acids is 1. The summed E-state index contributed by atoms with van der Waals surface area (Å²) < 4.78 is 1.71. The van der Waals surface area contributed by atoms with Gasteiger partial charge in [-0.25, -0.2) is 0 Å². The number of terminal acetylenes is 1. The summed E-state index contributed by atoms with van der Waals surface area (Å²) in [6, 6.07) is 0. The van der Waals surface area contributed by atoms with Crippen LogP contribution in [0.4, 0.5) is 0 Å². The van der Waals surface area contributed by atoms with Gasteiger partial charge >= 0.3 is 0 Å². The molecular weight excluding hydrogens is 250 g/mol. The van der Waals surface area contributed by atoms with Crippen LogP contribution in [-0.2, 0) is 4.79 Å². The van der Waals surface area contributed by atoms with Crippen molar-refractivity contribution in [2.45, 2.75) is 8.68 Å². The lowest BCUT2D eigenvalue weighted by Crippen LogP contribution is -2.25. The van der Waals surface area contributed by atoms with Gasteiger partial charge < -0.3 is 5.32 Å². The summed E-state index contributed by atoms with van der Waals surface area (Å²) in [7, 11) is 0. The Kier molecular flexibility index (Phi) is 5.53. The van der Waals surface area contributed by atoms with Crippen molar-refractivity contribution in [2.24, 2.45) is 0 Å². The second-order valence-electron chi connectivity index (χ2n) is 2.31. The molecule has 0 unspecified atom stereocenters. The Bertz CT molecular complexity index is 371. The highest BCUT2D eigenvalue weighted by Crippen LogP contribution is 2.26. The smallest absolute Gasteiger partial charge is 0.231 e. The minimum absolute atomic E-state index is 0.0844. The summed E-state index contributed by atoms with van der Waals surface area (Å²) in [6.07, 6.45) is 6.95. The van der Waals surface area contributed by atoms with Crippen LogP contribution in [-0.4, -0.2) is 34.7 Å². The molecule has 1 rings (SSSR count). The van der Waals surface area contributed by atoms with E-state index >= 15 is 0 Å². The zero-order valence-electron chi connectivity index (χ0n) is 8.02. The zero-order chi connectivity index (χ0) is 11.1. The zero-order valence-corrected chi connectivity index (χ0v) is 10.5. The fourth-order valence-corrected chi connectivity index (χ4v) is 2.93. The fourth-order valence-electron chi connectivity index (χ4n) is 0.666. The van der Waals surface area contributed by atoms with Crippen molar-refractivity contribution in [3.63, 3.8) is 0 Å². The van der Waals surface area contributed by atoms with Crippen molar-refractivity contribution in [3.8, 4) is 12.3 Å². The number of carbonyl (C=O) groups is 1. The van der Waals surface area contributed by atoms with Crippen LogP contribution in [0.2, 0.25) is 0 Å². The lowest BCUT2D eigenvalue weighted by Gasteiger charge is -1.97. The maximum Gasteiger partial charge on any atom is 0.231 e. The SMILES string of the molecule is C#CCNC(=O)CSc1nnc(SC)s1. The second-order valence-corrected chi connectivity index (χ2v) is 5.56. The highest BCUT2D eigenvalue weighted by atomic mass is 32.2. The summed E-state index contributed by atoms with van der Waals surface area (Å²) in [5.74, 6) is 2.58. The van der Waals surface area contributed by atoms with Gasteiger partial charge in [0.2, 0.25) is 5.91 Å². The minimum atomic E-state index is -0.0844. The van der Waals surface area contributed by atoms with Gasteiger partial charge in [0.25, 0.3) is 0 Å². The first kappa shape index (κ1) is 12.4. The van der Waals surface area contributed by atoms with E-state index in [9.17, 15) is 4.79 Å². The molecule has 80 valence electrons. The van der Waals surface area contributed by atoms with E-state index in [2.05, 4.69) is 21.4 Å². The number of nitrogens with zero attached hydrogens (tertiary/aromatic N) is 2. The van der Waals surface area contributed by atoms with Gasteiger partial charge in [-0.1, -0.05) is 40.8 Å². The molecule has 0 radical (unpaired) electrons. The van der Waals surface area contributed by atoms with E-state index in [0.717, 1.165) is 8.68 Å². The normalized spacial score (nSPS) is 9.60. The van der Waals surface area contributed by atoms with Crippen LogP contribution < -0.4 is 5.32 Å². The first-order valence-corrected chi connectivity index (χ1v) is 6.99. The van der Waals surface area contributed by atoms with Crippen molar-refractivity contribution in [2.75, 3.05) is 18.6 Å². The van der Waals surface area contributed by atoms with E-state index in [1.807, 2.05) is 6.26 Å². The number of hydrogen-bond acceptors (Lipinski definition) is 6. The number of aromatic nitrogens is 2. The molecule has 1 aromatic rings. The predicted octanol–water partition coefficient (Wildman–Crippen LogP) is 1.10. The number of amides is 1. The highest BCUT2D eigenvalue weighted by Gasteiger charge is 2.06. The van der Waals surface area contributed by atoms with Crippen LogP contribution in [0.25, 0.3) is 0 Å². The molecule has 0 saturated heterocycles. The molecule has 15 heavy (non-hydrogen) atoms. The summed E-state index contributed by atoms with van der Waals surface area (Å²) in [4.78, 5) is 11.2. The lowest BCUT2D eigenvalue weighted by atomic mass is 10.6. The van der Waals surface area contributed by atoms with E-state index in [1.54, 1.807) is 11.8 Å². The third-order valence-electron chi connectivity index (χ3n) is 1.28. The third-order valence-corrected chi connectivity index (χ3v) is 4.31. The monoisotopic (exact) mass is 259 g/mol. The van der Waals surface area contributed by atoms with Gasteiger partial charge in [-0.15, -0.1) is 16.6 Å². The van der Waals surface area contributed by atoms with Gasteiger partial charge in [0.1, 0.15) is 0 Å². The Morgan fingerprint density at radius 1 is 1.60 bits per heavy atom. The van der Waals surface area contributed by atoms with Crippen LogP contribution in [0.1, 0.15) is 0 Å². The standard InChI is InChI=1S/C8H9N3OS3/c1-3-4-9-6(12)5-14-8-11-10-7(13-2)15-8/h1H,4-5H2,2H3,(H,9,12). The molecule has 1 amide bonds. The van der Waals surface area contributed by atoms with Crippen molar-refractivity contribution in [3.05, 3.63) is 0 Å². The van der Waals surface area contributed by atoms with Crippen LogP contribution in [0, 0.1) is 12.3 Å². The second kappa shape index (κ2) is 6.71. The molecule has 0 aliphatic carbocycles. The average molecular weight is 259 g/mol. The van der Waals surface area contributed by atoms with Crippen molar-refractivity contribution < 1.29 is 4.79 Å². The molecule has 4 nitrogen and oxygen atoms in total. The Labute approximate surface area is 101 Å². The molecule has 0 aliphatic heterocycles. The summed E-state index contributed by atoms with van der Waals surface area (Å²) >= 11 is 4.39. The first-order chi connectivity index (χ1) is 7.26. The number of nitrogens with one attached hydrogen (secondary N) is 1. The molecule has 0 bridgehead atoms. The maximum atomic E-state index is 11.2. The van der Waals surface area contributed by atoms with Gasteiger partial charge in [-0.3, -0.25) is 4.79 Å². The molecule has 0 aromatic carbocycles. The van der Waals surface area contributed by atoms with Crippen LogP contribution in [0.15, 0.2) is 8.68 Å². The van der Waals surface area contributed by atoms with Gasteiger partial charge in [0, 0.05) is 0 Å². The highest BCUT2D eigenvalue weighted by molar-refractivity contribution is 8.03. The Morgan fingerprint density at radius 2 is 2.33 bits per heavy atom. The van der Waals surface area contributed by atoms with Crippen molar-refractivity contribution in [1.29, 1.82) is 0 Å². The van der Waals surface area contributed by atoms with E-state index in [0.29, 0.717) is 5.75 Å². The van der Waals surface area contributed by atoms with Gasteiger partial charge in [0.15, 0.2) is 8.68 Å². The number of thioether (sulfide) groups is 2. The Hall–Kier alpha value is -0.710. The first-order valence-electron chi connectivity index (χ1n) is 3.96. The van der Waals surface area contributed by atoms with Gasteiger partial charge in [0.05, 0.1) is 12.3 Å². The molecule has 7 heteroatoms. The topological polar surface area (TPSA) is 54.9 Å². The molecule has 0 spiro atoms. The van der Waals surface area contributed by atoms with Crippen LogP contribution in [0.5, 0.6) is 0 Å². The summed E-state index contributed by atoms with van der Waals surface area (Å²) in [5, 5.41) is 10.4. The quantitative estimate of drug-likeness (QED) is 0.634. The summed E-state index contributed by atoms with van der Waals surface area (Å²) in [6.45, 7) is 0.269. The molecule has 0 saturated carbocycles. The third kappa shape index (κ3) is 4.55. The molecule has 1 aromatic heterocycles. The van der Waals surface area contributed by atoms with Crippen LogP contribution in [0.3, 0.4) is 0 Å². The molecular formula is C8H9N3OS3. The fraction of sp³-hybridized carbons (Fsp3) is 0.375. The summed E-state index contributed by atoms with van der Waals surface area (Å²) in [5.41, 5.74) is 0. The van der Waals surface area contributed by atoms with E-state index < -0.39 is 0 Å². The molecule has 0 fully saturated rings. The van der Waals surface area contributed by atoms with Crippen molar-refractivity contribution in [1.82, 2.24) is 15.5 Å². The average Bonchev–Trinajstić information content (AvgIpc) is 2.71. The van der Waals surface area contributed by atoms with E-state index in [1.165, 1.54) is 23.1 Å². The molecule has 1 N–H and O–H groups in total.